The zero-order valence-electron chi connectivity index (χ0n) is 16.6. The van der Waals surface area contributed by atoms with E-state index >= 15 is 0 Å². The van der Waals surface area contributed by atoms with Gasteiger partial charge in [0.05, 0.1) is 12.8 Å². The molecule has 1 N–H and O–H groups in total. The van der Waals surface area contributed by atoms with Gasteiger partial charge in [0, 0.05) is 28.2 Å². The van der Waals surface area contributed by atoms with Crippen molar-refractivity contribution in [1.82, 2.24) is 5.32 Å². The first kappa shape index (κ1) is 20.2. The summed E-state index contributed by atoms with van der Waals surface area (Å²) in [4.78, 5) is 27.2. The Balaban J connectivity index is 1.88. The van der Waals surface area contributed by atoms with E-state index in [0.717, 1.165) is 24.1 Å². The van der Waals surface area contributed by atoms with Crippen molar-refractivity contribution in [1.29, 1.82) is 0 Å². The Hall–Kier alpha value is -2.53. The molecule has 3 rings (SSSR count). The third-order valence-electron chi connectivity index (χ3n) is 4.61. The van der Waals surface area contributed by atoms with Gasteiger partial charge >= 0.3 is 0 Å². The Kier molecular flexibility index (Phi) is 5.66. The van der Waals surface area contributed by atoms with Crippen LogP contribution >= 0.6 is 11.6 Å². The number of methoxy groups -OCH3 is 1. The molecule has 0 aliphatic carbocycles. The van der Waals surface area contributed by atoms with Crippen LogP contribution in [-0.2, 0) is 6.42 Å². The molecule has 2 aromatic carbocycles. The fourth-order valence-corrected chi connectivity index (χ4v) is 3.60. The number of amides is 2. The van der Waals surface area contributed by atoms with Crippen molar-refractivity contribution in [3.63, 3.8) is 0 Å². The zero-order valence-corrected chi connectivity index (χ0v) is 17.4. The van der Waals surface area contributed by atoms with Crippen LogP contribution in [0.2, 0.25) is 5.02 Å². The van der Waals surface area contributed by atoms with Crippen molar-refractivity contribution >= 4 is 29.1 Å². The van der Waals surface area contributed by atoms with Crippen LogP contribution in [0.15, 0.2) is 36.4 Å². The van der Waals surface area contributed by atoms with Crippen molar-refractivity contribution in [2.45, 2.75) is 39.2 Å². The summed E-state index contributed by atoms with van der Waals surface area (Å²) in [7, 11) is 1.59. The van der Waals surface area contributed by atoms with Crippen molar-refractivity contribution < 1.29 is 14.3 Å². The molecule has 0 saturated heterocycles. The summed E-state index contributed by atoms with van der Waals surface area (Å²) in [6, 6.07) is 10.3. The molecular weight excluding hydrogens is 376 g/mol. The number of hydrogen-bond acceptors (Lipinski definition) is 3. The molecule has 2 amide bonds. The average Bonchev–Trinajstić information content (AvgIpc) is 2.66. The molecule has 0 unspecified atom stereocenters. The van der Waals surface area contributed by atoms with Crippen molar-refractivity contribution in [2.24, 2.45) is 0 Å². The predicted molar refractivity (Wildman–Crippen MR) is 112 cm³/mol. The maximum absolute atomic E-state index is 13.2. The molecule has 1 heterocycles. The van der Waals surface area contributed by atoms with Crippen LogP contribution in [0.25, 0.3) is 0 Å². The monoisotopic (exact) mass is 400 g/mol. The molecule has 0 fully saturated rings. The second-order valence-corrected chi connectivity index (χ2v) is 8.33. The second kappa shape index (κ2) is 7.84. The summed E-state index contributed by atoms with van der Waals surface area (Å²) in [6.45, 7) is 6.37. The lowest BCUT2D eigenvalue weighted by Crippen LogP contribution is -2.40. The van der Waals surface area contributed by atoms with Crippen LogP contribution in [-0.4, -0.2) is 31.0 Å². The van der Waals surface area contributed by atoms with Gasteiger partial charge in [-0.05, 0) is 75.6 Å². The number of nitrogens with one attached hydrogen (secondary N) is 1. The Morgan fingerprint density at radius 1 is 1.07 bits per heavy atom. The van der Waals surface area contributed by atoms with E-state index in [1.807, 2.05) is 20.8 Å². The van der Waals surface area contributed by atoms with Gasteiger partial charge in [-0.15, -0.1) is 0 Å². The molecule has 0 radical (unpaired) electrons. The molecular formula is C22H25ClN2O3. The number of carbonyl (C=O) groups is 2. The summed E-state index contributed by atoms with van der Waals surface area (Å²) in [6.07, 6.45) is 1.64. The molecule has 1 aliphatic rings. The number of hydrogen-bond donors (Lipinski definition) is 1. The molecule has 0 spiro atoms. The van der Waals surface area contributed by atoms with E-state index in [1.165, 1.54) is 0 Å². The number of rotatable bonds is 3. The number of nitrogens with zero attached hydrogens (tertiary/aromatic N) is 1. The third kappa shape index (κ3) is 4.14. The predicted octanol–water partition coefficient (Wildman–Crippen LogP) is 4.47. The van der Waals surface area contributed by atoms with Crippen LogP contribution in [0.4, 0.5) is 5.69 Å². The smallest absolute Gasteiger partial charge is 0.258 e. The van der Waals surface area contributed by atoms with Gasteiger partial charge in [-0.2, -0.15) is 0 Å². The highest BCUT2D eigenvalue weighted by atomic mass is 35.5. The lowest BCUT2D eigenvalue weighted by molar-refractivity contribution is 0.0917. The minimum Gasteiger partial charge on any atom is -0.495 e. The summed E-state index contributed by atoms with van der Waals surface area (Å²) < 4.78 is 5.48. The molecule has 5 nitrogen and oxygen atoms in total. The summed E-state index contributed by atoms with van der Waals surface area (Å²) in [5.74, 6) is 0.334. The van der Waals surface area contributed by atoms with Crippen molar-refractivity contribution in [3.8, 4) is 5.75 Å². The van der Waals surface area contributed by atoms with Crippen LogP contribution in [0.3, 0.4) is 0 Å². The van der Waals surface area contributed by atoms with E-state index in [2.05, 4.69) is 5.32 Å². The quantitative estimate of drug-likeness (QED) is 0.826. The number of halogens is 1. The molecule has 2 aromatic rings. The highest BCUT2D eigenvalue weighted by molar-refractivity contribution is 6.32. The Morgan fingerprint density at radius 2 is 1.71 bits per heavy atom. The van der Waals surface area contributed by atoms with Gasteiger partial charge in [-0.3, -0.25) is 9.59 Å². The molecule has 0 aromatic heterocycles. The van der Waals surface area contributed by atoms with Gasteiger partial charge in [0.2, 0.25) is 0 Å². The number of anilines is 1. The number of fused-ring (bicyclic) bond motifs is 1. The minimum atomic E-state index is -0.321. The highest BCUT2D eigenvalue weighted by Crippen LogP contribution is 2.40. The Labute approximate surface area is 170 Å². The van der Waals surface area contributed by atoms with Gasteiger partial charge in [-0.25, -0.2) is 0 Å². The van der Waals surface area contributed by atoms with Crippen molar-refractivity contribution in [3.05, 3.63) is 58.1 Å². The first-order valence-corrected chi connectivity index (χ1v) is 9.69. The van der Waals surface area contributed by atoms with E-state index < -0.39 is 0 Å². The van der Waals surface area contributed by atoms with Crippen LogP contribution < -0.4 is 15.0 Å². The van der Waals surface area contributed by atoms with Crippen LogP contribution in [0, 0.1) is 0 Å². The van der Waals surface area contributed by atoms with Gasteiger partial charge in [0.1, 0.15) is 5.75 Å². The van der Waals surface area contributed by atoms with Gasteiger partial charge < -0.3 is 15.0 Å². The number of carbonyl (C=O) groups excluding carboxylic acids is 2. The fraction of sp³-hybridized carbons (Fsp3) is 0.364. The van der Waals surface area contributed by atoms with E-state index in [4.69, 9.17) is 16.3 Å². The Morgan fingerprint density at radius 3 is 2.32 bits per heavy atom. The summed E-state index contributed by atoms with van der Waals surface area (Å²) in [5.41, 5.74) is 2.38. The van der Waals surface area contributed by atoms with Gasteiger partial charge in [0.25, 0.3) is 11.8 Å². The second-order valence-electron chi connectivity index (χ2n) is 7.92. The molecule has 0 atom stereocenters. The molecule has 28 heavy (non-hydrogen) atoms. The molecule has 1 aliphatic heterocycles. The maximum Gasteiger partial charge on any atom is 0.258 e. The SMILES string of the molecule is COc1ccc(Cl)c2c1N(C(=O)c1ccc(C(=O)NC(C)(C)C)cc1)CCC2. The standard InChI is InChI=1S/C22H25ClN2O3/c1-22(2,3)24-20(26)14-7-9-15(10-8-14)21(27)25-13-5-6-16-17(23)11-12-18(28-4)19(16)25/h7-12H,5-6,13H2,1-4H3,(H,24,26). The molecule has 0 saturated carbocycles. The van der Waals surface area contributed by atoms with E-state index in [9.17, 15) is 9.59 Å². The van der Waals surface area contributed by atoms with E-state index in [0.29, 0.717) is 28.4 Å². The van der Waals surface area contributed by atoms with Gasteiger partial charge in [-0.1, -0.05) is 11.6 Å². The third-order valence-corrected chi connectivity index (χ3v) is 4.97. The Bertz CT molecular complexity index is 901. The maximum atomic E-state index is 13.2. The van der Waals surface area contributed by atoms with Gasteiger partial charge in [0.15, 0.2) is 0 Å². The number of ether oxygens (including phenoxy) is 1. The fourth-order valence-electron chi connectivity index (χ4n) is 3.35. The average molecular weight is 401 g/mol. The lowest BCUT2D eigenvalue weighted by atomic mass is 9.99. The molecule has 0 bridgehead atoms. The molecule has 6 heteroatoms. The van der Waals surface area contributed by atoms with Crippen molar-refractivity contribution in [2.75, 3.05) is 18.6 Å². The number of benzene rings is 2. The molecule has 148 valence electrons. The van der Waals surface area contributed by atoms with E-state index in [1.54, 1.807) is 48.4 Å². The van der Waals surface area contributed by atoms with Crippen LogP contribution in [0.5, 0.6) is 5.75 Å². The first-order valence-electron chi connectivity index (χ1n) is 9.31. The summed E-state index contributed by atoms with van der Waals surface area (Å²) in [5, 5.41) is 3.56. The lowest BCUT2D eigenvalue weighted by Gasteiger charge is -2.31. The van der Waals surface area contributed by atoms with E-state index in [-0.39, 0.29) is 17.4 Å². The first-order chi connectivity index (χ1) is 13.2. The topological polar surface area (TPSA) is 58.6 Å². The largest absolute Gasteiger partial charge is 0.495 e. The minimum absolute atomic E-state index is 0.135. The zero-order chi connectivity index (χ0) is 20.5. The summed E-state index contributed by atoms with van der Waals surface area (Å²) >= 11 is 6.36. The highest BCUT2D eigenvalue weighted by Gasteiger charge is 2.28. The normalized spacial score (nSPS) is 13.7. The van der Waals surface area contributed by atoms with Crippen LogP contribution in [0.1, 0.15) is 53.5 Å².